The van der Waals surface area contributed by atoms with E-state index in [9.17, 15) is 4.79 Å². The lowest BCUT2D eigenvalue weighted by Gasteiger charge is -2.13. The van der Waals surface area contributed by atoms with E-state index in [0.29, 0.717) is 12.2 Å². The lowest BCUT2D eigenvalue weighted by Crippen LogP contribution is -2.22. The summed E-state index contributed by atoms with van der Waals surface area (Å²) in [5.41, 5.74) is 4.13. The number of hydrogen-bond acceptors (Lipinski definition) is 5. The average molecular weight is 342 g/mol. The monoisotopic (exact) mass is 342 g/mol. The van der Waals surface area contributed by atoms with E-state index >= 15 is 0 Å². The van der Waals surface area contributed by atoms with E-state index < -0.39 is 0 Å². The number of aromatic amines is 1. The van der Waals surface area contributed by atoms with Crippen molar-refractivity contribution in [2.45, 2.75) is 39.7 Å². The zero-order chi connectivity index (χ0) is 18.2. The first kappa shape index (κ1) is 16.9. The maximum absolute atomic E-state index is 12.3. The molecule has 25 heavy (non-hydrogen) atoms. The van der Waals surface area contributed by atoms with Gasteiger partial charge in [-0.1, -0.05) is 25.9 Å². The minimum Gasteiger partial charge on any atom is -0.350 e. The van der Waals surface area contributed by atoms with Gasteiger partial charge in [0.2, 0.25) is 5.76 Å². The van der Waals surface area contributed by atoms with Crippen LogP contribution >= 0.6 is 0 Å². The Labute approximate surface area is 145 Å². The van der Waals surface area contributed by atoms with E-state index in [4.69, 9.17) is 4.52 Å². The Morgan fingerprint density at radius 3 is 2.72 bits per heavy atom. The van der Waals surface area contributed by atoms with Crippen LogP contribution in [-0.4, -0.2) is 31.0 Å². The molecule has 3 aromatic rings. The van der Waals surface area contributed by atoms with Gasteiger partial charge in [0.25, 0.3) is 5.91 Å². The van der Waals surface area contributed by atoms with Gasteiger partial charge in [-0.3, -0.25) is 14.6 Å². The van der Waals surface area contributed by atoms with Crippen molar-refractivity contribution >= 4 is 5.91 Å². The minimum atomic E-state index is -0.327. The molecule has 1 amide bonds. The van der Waals surface area contributed by atoms with Crippen molar-refractivity contribution in [1.29, 1.82) is 0 Å². The molecule has 8 heteroatoms. The topological polar surface area (TPSA) is 102 Å². The summed E-state index contributed by atoms with van der Waals surface area (Å²) in [6.07, 6.45) is 1.70. The van der Waals surface area contributed by atoms with Gasteiger partial charge in [0.05, 0.1) is 24.1 Å². The van der Waals surface area contributed by atoms with Crippen LogP contribution < -0.4 is 5.32 Å². The van der Waals surface area contributed by atoms with Crippen molar-refractivity contribution < 1.29 is 9.32 Å². The molecule has 0 radical (unpaired) electrons. The van der Waals surface area contributed by atoms with Crippen molar-refractivity contribution in [2.75, 3.05) is 0 Å². The fraction of sp³-hybridized carbons (Fsp3) is 0.412. The summed E-state index contributed by atoms with van der Waals surface area (Å²) < 4.78 is 6.91. The van der Waals surface area contributed by atoms with Gasteiger partial charge in [-0.25, -0.2) is 0 Å². The summed E-state index contributed by atoms with van der Waals surface area (Å²) in [4.78, 5) is 12.3. The largest absolute Gasteiger partial charge is 0.350 e. The summed E-state index contributed by atoms with van der Waals surface area (Å²) in [5.74, 6) is -0.166. The Morgan fingerprint density at radius 1 is 1.36 bits per heavy atom. The van der Waals surface area contributed by atoms with Gasteiger partial charge in [0.1, 0.15) is 5.69 Å². The molecule has 0 unspecified atom stereocenters. The molecule has 0 saturated heterocycles. The highest BCUT2D eigenvalue weighted by molar-refractivity contribution is 5.92. The molecule has 3 aromatic heterocycles. The van der Waals surface area contributed by atoms with Crippen molar-refractivity contribution in [3.63, 3.8) is 0 Å². The molecule has 0 aliphatic rings. The molecule has 0 fully saturated rings. The number of aromatic nitrogens is 5. The lowest BCUT2D eigenvalue weighted by atomic mass is 9.92. The van der Waals surface area contributed by atoms with Crippen LogP contribution in [0.15, 0.2) is 22.9 Å². The summed E-state index contributed by atoms with van der Waals surface area (Å²) in [7, 11) is 1.85. The third kappa shape index (κ3) is 3.47. The first-order valence-corrected chi connectivity index (χ1v) is 8.04. The quantitative estimate of drug-likeness (QED) is 0.758. The van der Waals surface area contributed by atoms with Gasteiger partial charge >= 0.3 is 0 Å². The van der Waals surface area contributed by atoms with E-state index in [-0.39, 0.29) is 17.1 Å². The first-order valence-electron chi connectivity index (χ1n) is 8.04. The fourth-order valence-corrected chi connectivity index (χ4v) is 2.36. The van der Waals surface area contributed by atoms with Gasteiger partial charge in [-0.05, 0) is 13.0 Å². The van der Waals surface area contributed by atoms with Crippen LogP contribution in [-0.2, 0) is 19.0 Å². The Balaban J connectivity index is 1.66. The van der Waals surface area contributed by atoms with Crippen LogP contribution in [0, 0.1) is 6.92 Å². The van der Waals surface area contributed by atoms with Crippen LogP contribution in [0.3, 0.4) is 0 Å². The number of carbonyl (C=O) groups excluding carboxylic acids is 1. The molecule has 0 aromatic carbocycles. The van der Waals surface area contributed by atoms with E-state index in [1.807, 2.05) is 20.0 Å². The van der Waals surface area contributed by atoms with Crippen molar-refractivity contribution in [3.05, 3.63) is 41.2 Å². The van der Waals surface area contributed by atoms with Crippen molar-refractivity contribution in [3.8, 4) is 11.3 Å². The van der Waals surface area contributed by atoms with E-state index in [0.717, 1.165) is 22.6 Å². The second kappa shape index (κ2) is 6.19. The van der Waals surface area contributed by atoms with Crippen LogP contribution in [0.25, 0.3) is 11.3 Å². The van der Waals surface area contributed by atoms with Crippen molar-refractivity contribution in [1.82, 2.24) is 30.5 Å². The highest BCUT2D eigenvalue weighted by Crippen LogP contribution is 2.22. The fourth-order valence-electron chi connectivity index (χ4n) is 2.36. The minimum absolute atomic E-state index is 0.0415. The zero-order valence-electron chi connectivity index (χ0n) is 15.0. The van der Waals surface area contributed by atoms with E-state index in [2.05, 4.69) is 46.5 Å². The molecular weight excluding hydrogens is 320 g/mol. The number of carbonyl (C=O) groups is 1. The number of aryl methyl sites for hydroxylation is 1. The van der Waals surface area contributed by atoms with Crippen molar-refractivity contribution in [2.24, 2.45) is 7.05 Å². The maximum atomic E-state index is 12.3. The standard InChI is InChI=1S/C17H22N6O2/c1-10-12(9-19-23(10)5)13-7-14(25-22-13)16(24)18-8-11-6-15(21-20-11)17(2,3)4/h6-7,9H,8H2,1-5H3,(H,18,24)(H,20,21). The molecule has 0 saturated carbocycles. The van der Waals surface area contributed by atoms with E-state index in [1.165, 1.54) is 0 Å². The number of amides is 1. The van der Waals surface area contributed by atoms with Gasteiger partial charge in [-0.2, -0.15) is 10.2 Å². The molecule has 2 N–H and O–H groups in total. The summed E-state index contributed by atoms with van der Waals surface area (Å²) in [6.45, 7) is 8.53. The van der Waals surface area contributed by atoms with Crippen LogP contribution in [0.4, 0.5) is 0 Å². The number of H-pyrrole nitrogens is 1. The number of rotatable bonds is 4. The predicted molar refractivity (Wildman–Crippen MR) is 91.9 cm³/mol. The Bertz CT molecular complexity index is 897. The molecule has 3 heterocycles. The van der Waals surface area contributed by atoms with Crippen LogP contribution in [0.5, 0.6) is 0 Å². The highest BCUT2D eigenvalue weighted by Gasteiger charge is 2.19. The van der Waals surface area contributed by atoms with E-state index in [1.54, 1.807) is 16.9 Å². The van der Waals surface area contributed by atoms with Gasteiger partial charge in [-0.15, -0.1) is 0 Å². The lowest BCUT2D eigenvalue weighted by molar-refractivity contribution is 0.0913. The summed E-state index contributed by atoms with van der Waals surface area (Å²) in [6, 6.07) is 3.57. The number of hydrogen-bond donors (Lipinski definition) is 2. The molecule has 132 valence electrons. The molecule has 3 rings (SSSR count). The summed E-state index contributed by atoms with van der Waals surface area (Å²) in [5, 5.41) is 18.1. The maximum Gasteiger partial charge on any atom is 0.290 e. The van der Waals surface area contributed by atoms with Gasteiger partial charge in [0, 0.05) is 29.8 Å². The third-order valence-corrected chi connectivity index (χ3v) is 4.08. The Kier molecular flexibility index (Phi) is 4.20. The second-order valence-electron chi connectivity index (χ2n) is 7.05. The predicted octanol–water partition coefficient (Wildman–Crippen LogP) is 2.33. The zero-order valence-corrected chi connectivity index (χ0v) is 15.0. The Morgan fingerprint density at radius 2 is 2.12 bits per heavy atom. The highest BCUT2D eigenvalue weighted by atomic mass is 16.5. The third-order valence-electron chi connectivity index (χ3n) is 4.08. The number of nitrogens with one attached hydrogen (secondary N) is 2. The van der Waals surface area contributed by atoms with Crippen LogP contribution in [0.2, 0.25) is 0 Å². The molecule has 8 nitrogen and oxygen atoms in total. The summed E-state index contributed by atoms with van der Waals surface area (Å²) >= 11 is 0. The molecule has 0 aliphatic carbocycles. The van der Waals surface area contributed by atoms with Gasteiger partial charge < -0.3 is 9.84 Å². The van der Waals surface area contributed by atoms with Gasteiger partial charge in [0.15, 0.2) is 0 Å². The average Bonchev–Trinajstić information content (AvgIpc) is 3.26. The molecule has 0 atom stereocenters. The van der Waals surface area contributed by atoms with Crippen LogP contribution in [0.1, 0.15) is 48.4 Å². The number of nitrogens with zero attached hydrogens (tertiary/aromatic N) is 4. The molecule has 0 aliphatic heterocycles. The SMILES string of the molecule is Cc1c(-c2cc(C(=O)NCc3cc(C(C)(C)C)n[nH]3)on2)cnn1C. The normalized spacial score (nSPS) is 11.7. The second-order valence-corrected chi connectivity index (χ2v) is 7.05. The smallest absolute Gasteiger partial charge is 0.290 e. The molecule has 0 bridgehead atoms. The first-order chi connectivity index (χ1) is 11.8. The Hall–Kier alpha value is -2.90. The molecule has 0 spiro atoms. The molecular formula is C17H22N6O2.